The average Bonchev–Trinajstić information content (AvgIpc) is 2.68. The van der Waals surface area contributed by atoms with Crippen LogP contribution in [0.4, 0.5) is 0 Å². The van der Waals surface area contributed by atoms with Crippen molar-refractivity contribution in [1.29, 1.82) is 0 Å². The highest BCUT2D eigenvalue weighted by Crippen LogP contribution is 2.49. The molecule has 2 nitrogen and oxygen atoms in total. The van der Waals surface area contributed by atoms with Gasteiger partial charge in [-0.2, -0.15) is 0 Å². The van der Waals surface area contributed by atoms with Crippen LogP contribution in [0.15, 0.2) is 18.2 Å². The molecule has 3 aliphatic rings. The molecule has 0 saturated heterocycles. The van der Waals surface area contributed by atoms with E-state index in [1.807, 2.05) is 6.55 Å². The molecule has 5 heteroatoms. The lowest BCUT2D eigenvalue weighted by molar-refractivity contribution is -0.278. The van der Waals surface area contributed by atoms with Crippen LogP contribution in [0.1, 0.15) is 69.8 Å². The van der Waals surface area contributed by atoms with Gasteiger partial charge in [-0.05, 0) is 43.5 Å². The first kappa shape index (κ1) is 19.1. The van der Waals surface area contributed by atoms with Crippen molar-refractivity contribution in [3.8, 4) is 5.75 Å². The third-order valence-electron chi connectivity index (χ3n) is 6.64. The van der Waals surface area contributed by atoms with E-state index in [9.17, 15) is 0 Å². The van der Waals surface area contributed by atoms with Crippen molar-refractivity contribution in [3.63, 3.8) is 0 Å². The minimum atomic E-state index is -2.36. The Bertz CT molecular complexity index is 613. The van der Waals surface area contributed by atoms with Gasteiger partial charge in [0.2, 0.25) is 5.79 Å². The lowest BCUT2D eigenvalue weighted by Gasteiger charge is -2.50. The van der Waals surface area contributed by atoms with Crippen LogP contribution >= 0.6 is 22.2 Å². The topological polar surface area (TPSA) is 18.5 Å². The average molecular weight is 413 g/mol. The Morgan fingerprint density at radius 2 is 1.50 bits per heavy atom. The monoisotopic (exact) mass is 412 g/mol. The van der Waals surface area contributed by atoms with Gasteiger partial charge in [0.05, 0.1) is 6.61 Å². The summed E-state index contributed by atoms with van der Waals surface area (Å²) in [4.78, 5) is 0. The summed E-state index contributed by atoms with van der Waals surface area (Å²) in [6.45, 7) is 0.201. The number of benzene rings is 1. The van der Waals surface area contributed by atoms with Gasteiger partial charge in [0, 0.05) is 17.4 Å². The van der Waals surface area contributed by atoms with E-state index in [-0.39, 0.29) is 0 Å². The molecular formula is C21H30Cl2O2Si. The van der Waals surface area contributed by atoms with Crippen molar-refractivity contribution < 1.29 is 9.47 Å². The van der Waals surface area contributed by atoms with Gasteiger partial charge in [0.15, 0.2) is 0 Å². The van der Waals surface area contributed by atoms with Crippen molar-refractivity contribution in [1.82, 2.24) is 0 Å². The minimum Gasteiger partial charge on any atom is -0.461 e. The fourth-order valence-corrected chi connectivity index (χ4v) is 6.71. The second kappa shape index (κ2) is 7.65. The van der Waals surface area contributed by atoms with Gasteiger partial charge in [0.1, 0.15) is 5.75 Å². The van der Waals surface area contributed by atoms with Crippen molar-refractivity contribution >= 4 is 34.0 Å². The Kier molecular flexibility index (Phi) is 5.63. The maximum atomic E-state index is 6.77. The van der Waals surface area contributed by atoms with Crippen molar-refractivity contribution in [2.75, 3.05) is 0 Å². The molecule has 1 aromatic carbocycles. The third kappa shape index (κ3) is 3.70. The molecule has 0 amide bonds. The van der Waals surface area contributed by atoms with E-state index in [2.05, 4.69) is 18.2 Å². The standard InChI is InChI=1S/C21H30Cl2O2Si/c1-26(22,23)19-12-13-20-16(14-19)15-24-21(25-20,17-8-4-2-5-9-17)18-10-6-3-7-11-18/h12-14,17-18H,2-11,15H2,1H3. The van der Waals surface area contributed by atoms with Crippen molar-refractivity contribution in [2.24, 2.45) is 11.8 Å². The molecule has 0 bridgehead atoms. The quantitative estimate of drug-likeness (QED) is 0.433. The normalized spacial score (nSPS) is 24.7. The predicted molar refractivity (Wildman–Crippen MR) is 111 cm³/mol. The Hall–Kier alpha value is -0.223. The van der Waals surface area contributed by atoms with Gasteiger partial charge in [-0.3, -0.25) is 0 Å². The van der Waals surface area contributed by atoms with Crippen LogP contribution in [0.3, 0.4) is 0 Å². The molecule has 26 heavy (non-hydrogen) atoms. The minimum absolute atomic E-state index is 0.419. The Morgan fingerprint density at radius 3 is 2.04 bits per heavy atom. The summed E-state index contributed by atoms with van der Waals surface area (Å²) in [5, 5.41) is 1.04. The van der Waals surface area contributed by atoms with Gasteiger partial charge in [-0.1, -0.05) is 50.7 Å². The molecule has 0 N–H and O–H groups in total. The second-order valence-corrected chi connectivity index (χ2v) is 16.0. The maximum Gasteiger partial charge on any atom is 0.277 e. The summed E-state index contributed by atoms with van der Waals surface area (Å²) in [5.74, 6) is 1.61. The fourth-order valence-electron chi connectivity index (χ4n) is 5.20. The number of hydrogen-bond acceptors (Lipinski definition) is 2. The largest absolute Gasteiger partial charge is 0.461 e. The number of fused-ring (bicyclic) bond motifs is 1. The molecular weight excluding hydrogens is 383 g/mol. The van der Waals surface area contributed by atoms with Crippen molar-refractivity contribution in [3.05, 3.63) is 23.8 Å². The molecule has 0 spiro atoms. The summed E-state index contributed by atoms with van der Waals surface area (Å²) < 4.78 is 13.4. The van der Waals surface area contributed by atoms with Crippen molar-refractivity contribution in [2.45, 2.75) is 83.1 Å². The van der Waals surface area contributed by atoms with Crippen LogP contribution in [-0.2, 0) is 11.3 Å². The van der Waals surface area contributed by atoms with Crippen LogP contribution in [0.5, 0.6) is 5.75 Å². The maximum absolute atomic E-state index is 6.77. The van der Waals surface area contributed by atoms with E-state index in [1.165, 1.54) is 64.2 Å². The SMILES string of the molecule is C[Si](Cl)(Cl)c1ccc2c(c1)COC(C1CCCCC1)(C1CCCCC1)O2. The second-order valence-electron chi connectivity index (χ2n) is 8.49. The van der Waals surface area contributed by atoms with Crippen LogP contribution < -0.4 is 9.92 Å². The van der Waals surface area contributed by atoms with E-state index < -0.39 is 12.5 Å². The molecule has 0 unspecified atom stereocenters. The number of hydrogen-bond donors (Lipinski definition) is 0. The smallest absolute Gasteiger partial charge is 0.277 e. The van der Waals surface area contributed by atoms with E-state index in [0.29, 0.717) is 18.4 Å². The highest BCUT2D eigenvalue weighted by atomic mass is 35.7. The molecule has 2 aliphatic carbocycles. The van der Waals surface area contributed by atoms with Crippen LogP contribution in [0, 0.1) is 11.8 Å². The molecule has 2 saturated carbocycles. The number of rotatable bonds is 3. The zero-order valence-electron chi connectivity index (χ0n) is 15.7. The summed E-state index contributed by atoms with van der Waals surface area (Å²) in [6.07, 6.45) is 12.9. The summed E-state index contributed by atoms with van der Waals surface area (Å²) >= 11 is 12.8. The van der Waals surface area contributed by atoms with Crippen LogP contribution in [0.25, 0.3) is 0 Å². The van der Waals surface area contributed by atoms with Gasteiger partial charge < -0.3 is 9.47 Å². The summed E-state index contributed by atoms with van der Waals surface area (Å²) in [6, 6.07) is 6.25. The zero-order chi connectivity index (χ0) is 18.2. The predicted octanol–water partition coefficient (Wildman–Crippen LogP) is 6.21. The Labute approximate surface area is 168 Å². The zero-order valence-corrected chi connectivity index (χ0v) is 18.2. The molecule has 1 aliphatic heterocycles. The molecule has 4 rings (SSSR count). The molecule has 2 fully saturated rings. The Morgan fingerprint density at radius 1 is 0.923 bits per heavy atom. The molecule has 0 atom stereocenters. The van der Waals surface area contributed by atoms with Crippen LogP contribution in [-0.4, -0.2) is 12.5 Å². The highest BCUT2D eigenvalue weighted by molar-refractivity contribution is 7.50. The molecule has 1 aromatic rings. The van der Waals surface area contributed by atoms with Gasteiger partial charge in [-0.15, -0.1) is 22.2 Å². The van der Waals surface area contributed by atoms with Gasteiger partial charge in [-0.25, -0.2) is 0 Å². The first-order valence-electron chi connectivity index (χ1n) is 10.3. The van der Waals surface area contributed by atoms with Gasteiger partial charge in [0.25, 0.3) is 6.69 Å². The Balaban J connectivity index is 1.65. The molecule has 144 valence electrons. The van der Waals surface area contributed by atoms with E-state index in [4.69, 9.17) is 31.6 Å². The summed E-state index contributed by atoms with van der Waals surface area (Å²) in [5.41, 5.74) is 1.10. The third-order valence-corrected chi connectivity index (χ3v) is 9.27. The number of halogens is 2. The molecule has 0 aromatic heterocycles. The van der Waals surface area contributed by atoms with Gasteiger partial charge >= 0.3 is 0 Å². The molecule has 0 radical (unpaired) electrons. The van der Waals surface area contributed by atoms with E-state index in [1.54, 1.807) is 0 Å². The highest BCUT2D eigenvalue weighted by Gasteiger charge is 2.51. The number of ether oxygens (including phenoxy) is 2. The van der Waals surface area contributed by atoms with Crippen LogP contribution in [0.2, 0.25) is 6.55 Å². The first-order valence-corrected chi connectivity index (χ1v) is 14.9. The molecule has 1 heterocycles. The lowest BCUT2D eigenvalue weighted by atomic mass is 9.72. The van der Waals surface area contributed by atoms with E-state index >= 15 is 0 Å². The summed E-state index contributed by atoms with van der Waals surface area (Å²) in [7, 11) is 0. The van der Waals surface area contributed by atoms with E-state index in [0.717, 1.165) is 16.5 Å². The first-order chi connectivity index (χ1) is 12.5. The lowest BCUT2D eigenvalue weighted by Crippen LogP contribution is -2.55. The fraction of sp³-hybridized carbons (Fsp3) is 0.714.